The van der Waals surface area contributed by atoms with E-state index in [0.29, 0.717) is 16.0 Å². The lowest BCUT2D eigenvalue weighted by Gasteiger charge is -2.24. The zero-order valence-corrected chi connectivity index (χ0v) is 17.8. The third-order valence-electron chi connectivity index (χ3n) is 4.14. The molecule has 3 rings (SSSR count). The van der Waals surface area contributed by atoms with Crippen LogP contribution in [0.15, 0.2) is 50.5 Å². The van der Waals surface area contributed by atoms with Crippen LogP contribution in [0.5, 0.6) is 11.5 Å². The quantitative estimate of drug-likeness (QED) is 0.583. The summed E-state index contributed by atoms with van der Waals surface area (Å²) in [6, 6.07) is 8.43. The molecule has 0 unspecified atom stereocenters. The van der Waals surface area contributed by atoms with Crippen molar-refractivity contribution in [3.05, 3.63) is 46.1 Å². The second-order valence-corrected chi connectivity index (χ2v) is 9.13. The van der Waals surface area contributed by atoms with Gasteiger partial charge < -0.3 is 13.9 Å². The van der Waals surface area contributed by atoms with Crippen LogP contribution < -0.4 is 18.7 Å². The van der Waals surface area contributed by atoms with Crippen molar-refractivity contribution >= 4 is 43.2 Å². The lowest BCUT2D eigenvalue weighted by molar-refractivity contribution is -0.120. The van der Waals surface area contributed by atoms with Crippen molar-refractivity contribution in [2.24, 2.45) is 5.92 Å². The first-order valence-corrected chi connectivity index (χ1v) is 10.8. The lowest BCUT2D eigenvalue weighted by atomic mass is 10.2. The van der Waals surface area contributed by atoms with Gasteiger partial charge in [-0.25, -0.2) is 17.5 Å². The number of nitrogens with zero attached hydrogens (tertiary/aromatic N) is 1. The van der Waals surface area contributed by atoms with Gasteiger partial charge in [0.05, 0.1) is 29.5 Å². The number of methoxy groups -OCH3 is 2. The fourth-order valence-corrected chi connectivity index (χ4v) is 4.94. The number of hydrogen-bond acceptors (Lipinski definition) is 8. The van der Waals surface area contributed by atoms with E-state index in [-0.39, 0.29) is 16.3 Å². The molecule has 2 aromatic carbocycles. The number of benzene rings is 2. The summed E-state index contributed by atoms with van der Waals surface area (Å²) in [6.45, 7) is 3.21. The topological polar surface area (TPSA) is 103 Å². The number of hydrogen-bond donors (Lipinski definition) is 0. The Morgan fingerprint density at radius 3 is 2.38 bits per heavy atom. The summed E-state index contributed by atoms with van der Waals surface area (Å²) in [5.41, 5.74) is 0.437. The number of fused-ring (bicyclic) bond motifs is 1. The summed E-state index contributed by atoms with van der Waals surface area (Å²) in [5.74, 6) is -0.634. The zero-order chi connectivity index (χ0) is 21.3. The molecule has 0 aliphatic rings. The van der Waals surface area contributed by atoms with Crippen molar-refractivity contribution in [2.45, 2.75) is 18.7 Å². The molecule has 8 nitrogen and oxygen atoms in total. The van der Waals surface area contributed by atoms with Crippen LogP contribution in [0.25, 0.3) is 10.3 Å². The van der Waals surface area contributed by atoms with Crippen molar-refractivity contribution in [1.29, 1.82) is 0 Å². The highest BCUT2D eigenvalue weighted by Crippen LogP contribution is 2.34. The van der Waals surface area contributed by atoms with Gasteiger partial charge in [-0.3, -0.25) is 4.79 Å². The van der Waals surface area contributed by atoms with Crippen molar-refractivity contribution in [3.63, 3.8) is 0 Å². The van der Waals surface area contributed by atoms with Gasteiger partial charge in [0, 0.05) is 12.0 Å². The van der Waals surface area contributed by atoms with Crippen LogP contribution in [0.3, 0.4) is 0 Å². The van der Waals surface area contributed by atoms with E-state index in [1.165, 1.54) is 50.6 Å². The molecule has 0 saturated carbocycles. The number of sulfonamides is 1. The van der Waals surface area contributed by atoms with E-state index in [1.807, 2.05) is 0 Å². The summed E-state index contributed by atoms with van der Waals surface area (Å²) in [4.78, 5) is 23.7. The monoisotopic (exact) mass is 437 g/mol. The molecule has 0 bridgehead atoms. The van der Waals surface area contributed by atoms with Gasteiger partial charge in [0.25, 0.3) is 10.0 Å². The average Bonchev–Trinajstić information content (AvgIpc) is 3.06. The number of amides is 1. The van der Waals surface area contributed by atoms with Crippen LogP contribution in [0.4, 0.5) is 5.69 Å². The fraction of sp³-hybridized carbons (Fsp3) is 0.263. The van der Waals surface area contributed by atoms with Gasteiger partial charge in [-0.1, -0.05) is 25.2 Å². The lowest BCUT2D eigenvalue weighted by Crippen LogP contribution is -2.39. The SMILES string of the molecule is COc1ccc(S(=O)(=O)N(C(=O)C(C)C)c2ccc3oc(=O)sc3c2)cc1OC. The Morgan fingerprint density at radius 1 is 1.07 bits per heavy atom. The maximum atomic E-state index is 13.4. The van der Waals surface area contributed by atoms with Crippen LogP contribution in [0.2, 0.25) is 0 Å². The van der Waals surface area contributed by atoms with Gasteiger partial charge >= 0.3 is 4.94 Å². The van der Waals surface area contributed by atoms with Crippen LogP contribution in [-0.4, -0.2) is 28.5 Å². The molecule has 1 heterocycles. The molecule has 0 aliphatic carbocycles. The average molecular weight is 437 g/mol. The first-order valence-electron chi connectivity index (χ1n) is 8.54. The van der Waals surface area contributed by atoms with Crippen molar-refractivity contribution in [3.8, 4) is 11.5 Å². The molecule has 0 saturated heterocycles. The molecule has 0 spiro atoms. The molecule has 1 aromatic heterocycles. The molecule has 1 amide bonds. The molecule has 0 radical (unpaired) electrons. The highest BCUT2D eigenvalue weighted by Gasteiger charge is 2.33. The van der Waals surface area contributed by atoms with Gasteiger partial charge in [0.2, 0.25) is 5.91 Å². The Bertz CT molecular complexity index is 1220. The molecule has 154 valence electrons. The maximum absolute atomic E-state index is 13.4. The second kappa shape index (κ2) is 7.88. The summed E-state index contributed by atoms with van der Waals surface area (Å²) < 4.78 is 43.4. The largest absolute Gasteiger partial charge is 0.493 e. The van der Waals surface area contributed by atoms with Crippen molar-refractivity contribution in [1.82, 2.24) is 0 Å². The minimum atomic E-state index is -4.27. The standard InChI is InChI=1S/C19H19NO7S2/c1-11(2)18(21)20(12-5-7-15-17(9-12)28-19(22)27-15)29(23,24)13-6-8-14(25-3)16(10-13)26-4/h5-11H,1-4H3. The summed E-state index contributed by atoms with van der Waals surface area (Å²) in [6.07, 6.45) is 0. The van der Waals surface area contributed by atoms with Crippen LogP contribution >= 0.6 is 11.3 Å². The number of ether oxygens (including phenoxy) is 2. The Labute approximate surface area is 171 Å². The predicted octanol–water partition coefficient (Wildman–Crippen LogP) is 3.25. The zero-order valence-electron chi connectivity index (χ0n) is 16.2. The second-order valence-electron chi connectivity index (χ2n) is 6.36. The Morgan fingerprint density at radius 2 is 1.76 bits per heavy atom. The first kappa shape index (κ1) is 20.9. The Hall–Kier alpha value is -2.85. The third kappa shape index (κ3) is 3.85. The molecule has 10 heteroatoms. The van der Waals surface area contributed by atoms with E-state index < -0.39 is 26.8 Å². The van der Waals surface area contributed by atoms with E-state index in [4.69, 9.17) is 13.9 Å². The number of carbonyl (C=O) groups is 1. The normalized spacial score (nSPS) is 11.6. The van der Waals surface area contributed by atoms with E-state index in [2.05, 4.69) is 0 Å². The Balaban J connectivity index is 2.20. The molecule has 0 N–H and O–H groups in total. The highest BCUT2D eigenvalue weighted by molar-refractivity contribution is 7.93. The summed E-state index contributed by atoms with van der Waals surface area (Å²) in [5, 5.41) is 0. The number of rotatable bonds is 6. The first-order chi connectivity index (χ1) is 13.7. The van der Waals surface area contributed by atoms with Gasteiger partial charge in [-0.05, 0) is 30.3 Å². The van der Waals surface area contributed by atoms with Crippen LogP contribution in [0.1, 0.15) is 13.8 Å². The van der Waals surface area contributed by atoms with Crippen LogP contribution in [-0.2, 0) is 14.8 Å². The molecular formula is C19H19NO7S2. The van der Waals surface area contributed by atoms with E-state index in [9.17, 15) is 18.0 Å². The maximum Gasteiger partial charge on any atom is 0.396 e. The van der Waals surface area contributed by atoms with Crippen LogP contribution in [0, 0.1) is 5.92 Å². The van der Waals surface area contributed by atoms with Crippen molar-refractivity contribution in [2.75, 3.05) is 18.5 Å². The molecule has 29 heavy (non-hydrogen) atoms. The Kier molecular flexibility index (Phi) is 5.67. The van der Waals surface area contributed by atoms with Gasteiger partial charge in [0.15, 0.2) is 11.5 Å². The van der Waals surface area contributed by atoms with Crippen molar-refractivity contribution < 1.29 is 27.1 Å². The van der Waals surface area contributed by atoms with E-state index in [0.717, 1.165) is 15.6 Å². The number of carbonyl (C=O) groups excluding carboxylic acids is 1. The highest BCUT2D eigenvalue weighted by atomic mass is 32.2. The predicted molar refractivity (Wildman–Crippen MR) is 109 cm³/mol. The van der Waals surface area contributed by atoms with E-state index in [1.54, 1.807) is 13.8 Å². The molecule has 0 aliphatic heterocycles. The summed E-state index contributed by atoms with van der Waals surface area (Å²) >= 11 is 0.830. The molecular weight excluding hydrogens is 418 g/mol. The molecule has 3 aromatic rings. The fourth-order valence-electron chi connectivity index (χ4n) is 2.69. The number of anilines is 1. The molecule has 0 fully saturated rings. The van der Waals surface area contributed by atoms with Gasteiger partial charge in [0.1, 0.15) is 5.58 Å². The smallest absolute Gasteiger partial charge is 0.396 e. The summed E-state index contributed by atoms with van der Waals surface area (Å²) in [7, 11) is -1.45. The third-order valence-corrected chi connectivity index (χ3v) is 6.65. The van der Waals surface area contributed by atoms with Gasteiger partial charge in [-0.15, -0.1) is 0 Å². The van der Waals surface area contributed by atoms with E-state index >= 15 is 0 Å². The molecule has 0 atom stereocenters. The minimum absolute atomic E-state index is 0.114. The minimum Gasteiger partial charge on any atom is -0.493 e. The van der Waals surface area contributed by atoms with Gasteiger partial charge in [-0.2, -0.15) is 0 Å².